The number of carbonyl (C=O) groups is 2. The van der Waals surface area contributed by atoms with Crippen LogP contribution in [-0.2, 0) is 9.53 Å². The van der Waals surface area contributed by atoms with Crippen molar-refractivity contribution in [3.8, 4) is 11.1 Å². The van der Waals surface area contributed by atoms with Gasteiger partial charge in [-0.25, -0.2) is 13.6 Å². The molecule has 0 unspecified atom stereocenters. The van der Waals surface area contributed by atoms with Gasteiger partial charge < -0.3 is 14.7 Å². The summed E-state index contributed by atoms with van der Waals surface area (Å²) in [6, 6.07) is 4.87. The molecule has 1 fully saturated rings. The minimum absolute atomic E-state index is 0.0604. The smallest absolute Gasteiger partial charge is 0.411 e. The van der Waals surface area contributed by atoms with Crippen molar-refractivity contribution in [2.75, 3.05) is 29.6 Å². The number of amides is 2. The van der Waals surface area contributed by atoms with Gasteiger partial charge in [-0.05, 0) is 24.6 Å². The van der Waals surface area contributed by atoms with Crippen LogP contribution in [0.25, 0.3) is 11.1 Å². The second-order valence-electron chi connectivity index (χ2n) is 7.54. The highest BCUT2D eigenvalue weighted by Crippen LogP contribution is 2.39. The molecule has 2 amide bonds. The third-order valence-corrected chi connectivity index (χ3v) is 5.42. The zero-order valence-electron chi connectivity index (χ0n) is 16.4. The molecule has 2 aliphatic heterocycles. The van der Waals surface area contributed by atoms with Crippen LogP contribution < -0.4 is 9.80 Å². The predicted molar refractivity (Wildman–Crippen MR) is 105 cm³/mol. The SMILES string of the molecule is C[C@H]1CN(C(=O)O)c2cc(-c3cnn(C4COC4)c3)ccc2N1C(=O)CCC(F)F. The Bertz CT molecular complexity index is 960. The molecule has 1 aromatic heterocycles. The number of anilines is 2. The van der Waals surface area contributed by atoms with E-state index in [2.05, 4.69) is 5.10 Å². The van der Waals surface area contributed by atoms with Gasteiger partial charge in [0, 0.05) is 31.1 Å². The van der Waals surface area contributed by atoms with E-state index >= 15 is 0 Å². The van der Waals surface area contributed by atoms with Crippen LogP contribution in [0.15, 0.2) is 30.6 Å². The number of nitrogens with zero attached hydrogens (tertiary/aromatic N) is 4. The molecule has 1 N–H and O–H groups in total. The Morgan fingerprint density at radius 3 is 2.67 bits per heavy atom. The number of rotatable bonds is 5. The van der Waals surface area contributed by atoms with E-state index in [-0.39, 0.29) is 19.0 Å². The molecule has 3 heterocycles. The lowest BCUT2D eigenvalue weighted by Gasteiger charge is -2.40. The van der Waals surface area contributed by atoms with Crippen LogP contribution in [0.5, 0.6) is 0 Å². The summed E-state index contributed by atoms with van der Waals surface area (Å²) in [5.41, 5.74) is 2.31. The van der Waals surface area contributed by atoms with Crippen molar-refractivity contribution >= 4 is 23.4 Å². The number of aromatic nitrogens is 2. The van der Waals surface area contributed by atoms with Crippen molar-refractivity contribution in [1.82, 2.24) is 9.78 Å². The summed E-state index contributed by atoms with van der Waals surface area (Å²) in [6.45, 7) is 2.97. The molecule has 0 radical (unpaired) electrons. The summed E-state index contributed by atoms with van der Waals surface area (Å²) < 4.78 is 32.2. The van der Waals surface area contributed by atoms with Gasteiger partial charge in [-0.15, -0.1) is 0 Å². The number of alkyl halides is 2. The first-order chi connectivity index (χ1) is 14.3. The monoisotopic (exact) mass is 420 g/mol. The predicted octanol–water partition coefficient (Wildman–Crippen LogP) is 3.39. The Labute approximate surface area is 171 Å². The van der Waals surface area contributed by atoms with Gasteiger partial charge in [0.2, 0.25) is 12.3 Å². The number of benzene rings is 1. The molecule has 1 aromatic carbocycles. The van der Waals surface area contributed by atoms with Crippen molar-refractivity contribution in [2.24, 2.45) is 0 Å². The standard InChI is InChI=1S/C20H22F2N4O4/c1-12-8-24(20(28)29)17-6-13(14-7-23-25(9-14)15-10-30-11-15)2-3-16(17)26(12)19(27)5-4-18(21)22/h2-3,6-7,9,12,15,18H,4-5,8,10-11H2,1H3,(H,28,29)/t12-/m0/s1. The van der Waals surface area contributed by atoms with Crippen LogP contribution in [0, 0.1) is 0 Å². The molecule has 1 saturated heterocycles. The molecular formula is C20H22F2N4O4. The van der Waals surface area contributed by atoms with Crippen molar-refractivity contribution in [3.05, 3.63) is 30.6 Å². The van der Waals surface area contributed by atoms with E-state index in [1.54, 1.807) is 31.3 Å². The number of carboxylic acid groups (broad SMARTS) is 1. The molecule has 1 atom stereocenters. The van der Waals surface area contributed by atoms with Gasteiger partial charge in [0.05, 0.1) is 42.9 Å². The van der Waals surface area contributed by atoms with Gasteiger partial charge in [0.25, 0.3) is 0 Å². The zero-order chi connectivity index (χ0) is 21.4. The molecule has 4 rings (SSSR count). The molecule has 0 saturated carbocycles. The van der Waals surface area contributed by atoms with Crippen LogP contribution in [0.3, 0.4) is 0 Å². The highest BCUT2D eigenvalue weighted by atomic mass is 19.3. The molecule has 0 spiro atoms. The van der Waals surface area contributed by atoms with E-state index < -0.39 is 30.9 Å². The number of carbonyl (C=O) groups excluding carboxylic acids is 1. The third kappa shape index (κ3) is 3.74. The van der Waals surface area contributed by atoms with Crippen molar-refractivity contribution in [1.29, 1.82) is 0 Å². The summed E-state index contributed by atoms with van der Waals surface area (Å²) in [5.74, 6) is -0.445. The lowest BCUT2D eigenvalue weighted by Crippen LogP contribution is -2.51. The summed E-state index contributed by atoms with van der Waals surface area (Å²) in [5, 5.41) is 14.0. The quantitative estimate of drug-likeness (QED) is 0.801. The summed E-state index contributed by atoms with van der Waals surface area (Å²) >= 11 is 0. The molecule has 10 heteroatoms. The van der Waals surface area contributed by atoms with Crippen LogP contribution in [0.4, 0.5) is 25.0 Å². The number of hydrogen-bond acceptors (Lipinski definition) is 4. The van der Waals surface area contributed by atoms with E-state index in [0.717, 1.165) is 11.1 Å². The highest BCUT2D eigenvalue weighted by molar-refractivity contribution is 6.03. The fourth-order valence-electron chi connectivity index (χ4n) is 3.78. The van der Waals surface area contributed by atoms with E-state index in [1.807, 2.05) is 10.9 Å². The van der Waals surface area contributed by atoms with E-state index in [4.69, 9.17) is 4.74 Å². The number of hydrogen-bond donors (Lipinski definition) is 1. The van der Waals surface area contributed by atoms with Crippen molar-refractivity contribution in [3.63, 3.8) is 0 Å². The topological polar surface area (TPSA) is 87.9 Å². The van der Waals surface area contributed by atoms with Crippen LogP contribution in [0.2, 0.25) is 0 Å². The Balaban J connectivity index is 1.68. The van der Waals surface area contributed by atoms with Crippen molar-refractivity contribution in [2.45, 2.75) is 38.3 Å². The first-order valence-electron chi connectivity index (χ1n) is 9.72. The molecule has 0 aliphatic carbocycles. The average Bonchev–Trinajstić information content (AvgIpc) is 3.13. The van der Waals surface area contributed by atoms with Crippen molar-refractivity contribution < 1.29 is 28.2 Å². The lowest BCUT2D eigenvalue weighted by atomic mass is 10.0. The highest BCUT2D eigenvalue weighted by Gasteiger charge is 2.35. The second kappa shape index (κ2) is 8.02. The number of fused-ring (bicyclic) bond motifs is 1. The molecule has 2 aliphatic rings. The maximum atomic E-state index is 12.6. The van der Waals surface area contributed by atoms with Crippen LogP contribution >= 0.6 is 0 Å². The molecule has 2 aromatic rings. The minimum Gasteiger partial charge on any atom is -0.465 e. The molecule has 8 nitrogen and oxygen atoms in total. The Hall–Kier alpha value is -3.01. The molecule has 0 bridgehead atoms. The minimum atomic E-state index is -2.57. The molecule has 160 valence electrons. The largest absolute Gasteiger partial charge is 0.465 e. The maximum absolute atomic E-state index is 12.6. The van der Waals surface area contributed by atoms with Crippen LogP contribution in [-0.4, -0.2) is 59.1 Å². The third-order valence-electron chi connectivity index (χ3n) is 5.42. The zero-order valence-corrected chi connectivity index (χ0v) is 16.4. The molecular weight excluding hydrogens is 398 g/mol. The van der Waals surface area contributed by atoms with E-state index in [9.17, 15) is 23.5 Å². The maximum Gasteiger partial charge on any atom is 0.411 e. The summed E-state index contributed by atoms with van der Waals surface area (Å²) in [7, 11) is 0. The van der Waals surface area contributed by atoms with Crippen LogP contribution in [0.1, 0.15) is 25.8 Å². The Morgan fingerprint density at radius 1 is 1.27 bits per heavy atom. The fourth-order valence-corrected chi connectivity index (χ4v) is 3.78. The van der Waals surface area contributed by atoms with Gasteiger partial charge in [0.15, 0.2) is 0 Å². The van der Waals surface area contributed by atoms with Gasteiger partial charge in [0.1, 0.15) is 0 Å². The number of ether oxygens (including phenoxy) is 1. The van der Waals surface area contributed by atoms with Gasteiger partial charge in [-0.1, -0.05) is 6.07 Å². The average molecular weight is 420 g/mol. The Kier molecular flexibility index (Phi) is 5.42. The van der Waals surface area contributed by atoms with Gasteiger partial charge >= 0.3 is 6.09 Å². The second-order valence-corrected chi connectivity index (χ2v) is 7.54. The van der Waals surface area contributed by atoms with Gasteiger partial charge in [-0.3, -0.25) is 14.4 Å². The normalized spacial score (nSPS) is 19.0. The van der Waals surface area contributed by atoms with E-state index in [0.29, 0.717) is 24.6 Å². The first-order valence-corrected chi connectivity index (χ1v) is 9.72. The summed E-state index contributed by atoms with van der Waals surface area (Å²) in [4.78, 5) is 27.1. The first kappa shape index (κ1) is 20.3. The summed E-state index contributed by atoms with van der Waals surface area (Å²) in [6.07, 6.45) is -0.959. The van der Waals surface area contributed by atoms with E-state index in [1.165, 1.54) is 9.80 Å². The van der Waals surface area contributed by atoms with Gasteiger partial charge in [-0.2, -0.15) is 5.10 Å². The lowest BCUT2D eigenvalue weighted by molar-refractivity contribution is -0.119. The number of halogens is 2. The molecule has 30 heavy (non-hydrogen) atoms. The fraction of sp³-hybridized carbons (Fsp3) is 0.450. The Morgan fingerprint density at radius 2 is 2.03 bits per heavy atom.